The first-order chi connectivity index (χ1) is 7.24. The molecule has 0 radical (unpaired) electrons. The zero-order valence-corrected chi connectivity index (χ0v) is 10.3. The Morgan fingerprint density at radius 3 is 2.33 bits per heavy atom. The summed E-state index contributed by atoms with van der Waals surface area (Å²) in [6.45, 7) is 4.48. The number of hydrogen-bond acceptors (Lipinski definition) is 3. The first-order valence-electron chi connectivity index (χ1n) is 5.98. The quantitative estimate of drug-likeness (QED) is 0.336. The summed E-state index contributed by atoms with van der Waals surface area (Å²) < 4.78 is 0. The third-order valence-corrected chi connectivity index (χ3v) is 2.82. The Labute approximate surface area is 93.1 Å². The number of hydrogen-bond donors (Lipinski definition) is 0. The summed E-state index contributed by atoms with van der Waals surface area (Å²) in [5.74, 6) is 0.593. The summed E-state index contributed by atoms with van der Waals surface area (Å²) >= 11 is 0. The predicted molar refractivity (Wildman–Crippen MR) is 60.3 cm³/mol. The summed E-state index contributed by atoms with van der Waals surface area (Å²) in [6.07, 6.45) is 7.51. The summed E-state index contributed by atoms with van der Waals surface area (Å²) in [4.78, 5) is 19.6. The van der Waals surface area contributed by atoms with E-state index in [9.17, 15) is 4.79 Å². The molecule has 0 aliphatic heterocycles. The standard InChI is InChI=1S/C12H24O3/c1-4-11(5-2)9-7-6-8-10-12(13)15-14-3/h11H,4-10H2,1-3H3. The fraction of sp³-hybridized carbons (Fsp3) is 0.917. The SMILES string of the molecule is CCC(CC)CCCCCC(=O)OOC. The molecule has 0 rings (SSSR count). The van der Waals surface area contributed by atoms with Crippen LogP contribution < -0.4 is 0 Å². The average molecular weight is 216 g/mol. The van der Waals surface area contributed by atoms with Crippen LogP contribution in [0.15, 0.2) is 0 Å². The van der Waals surface area contributed by atoms with E-state index in [0.29, 0.717) is 6.42 Å². The highest BCUT2D eigenvalue weighted by Crippen LogP contribution is 2.17. The number of carbonyl (C=O) groups excluding carboxylic acids is 1. The van der Waals surface area contributed by atoms with Gasteiger partial charge in [0, 0.05) is 6.42 Å². The van der Waals surface area contributed by atoms with Crippen LogP contribution in [-0.4, -0.2) is 13.1 Å². The summed E-state index contributed by atoms with van der Waals surface area (Å²) in [7, 11) is 1.35. The maximum absolute atomic E-state index is 10.9. The van der Waals surface area contributed by atoms with E-state index in [-0.39, 0.29) is 5.97 Å². The highest BCUT2D eigenvalue weighted by molar-refractivity contribution is 5.68. The molecule has 0 aliphatic rings. The number of rotatable bonds is 9. The molecule has 0 amide bonds. The van der Waals surface area contributed by atoms with Gasteiger partial charge in [-0.3, -0.25) is 4.89 Å². The van der Waals surface area contributed by atoms with Gasteiger partial charge in [-0.2, -0.15) is 4.89 Å². The van der Waals surface area contributed by atoms with Crippen molar-refractivity contribution in [2.45, 2.75) is 58.8 Å². The number of unbranched alkanes of at least 4 members (excludes halogenated alkanes) is 2. The molecule has 0 heterocycles. The second-order valence-electron chi connectivity index (χ2n) is 3.90. The normalized spacial score (nSPS) is 10.7. The van der Waals surface area contributed by atoms with Crippen LogP contribution in [0.1, 0.15) is 58.8 Å². The molecule has 15 heavy (non-hydrogen) atoms. The third-order valence-electron chi connectivity index (χ3n) is 2.82. The van der Waals surface area contributed by atoms with Crippen molar-refractivity contribution >= 4 is 5.97 Å². The minimum atomic E-state index is -0.264. The molecule has 0 aromatic heterocycles. The molecule has 0 saturated carbocycles. The Hall–Kier alpha value is -0.570. The third kappa shape index (κ3) is 8.43. The zero-order valence-electron chi connectivity index (χ0n) is 10.3. The van der Waals surface area contributed by atoms with E-state index in [1.165, 1.54) is 32.8 Å². The van der Waals surface area contributed by atoms with Crippen molar-refractivity contribution in [3.05, 3.63) is 0 Å². The molecular formula is C12H24O3. The summed E-state index contributed by atoms with van der Waals surface area (Å²) in [5.41, 5.74) is 0. The lowest BCUT2D eigenvalue weighted by atomic mass is 9.96. The Morgan fingerprint density at radius 2 is 1.80 bits per heavy atom. The van der Waals surface area contributed by atoms with Crippen molar-refractivity contribution in [2.75, 3.05) is 7.11 Å². The molecule has 0 aliphatic carbocycles. The van der Waals surface area contributed by atoms with Crippen LogP contribution >= 0.6 is 0 Å². The van der Waals surface area contributed by atoms with Crippen molar-refractivity contribution in [3.8, 4) is 0 Å². The molecule has 0 saturated heterocycles. The fourth-order valence-electron chi connectivity index (χ4n) is 1.71. The smallest absolute Gasteiger partial charge is 0.299 e. The predicted octanol–water partition coefficient (Wildman–Crippen LogP) is 3.48. The van der Waals surface area contributed by atoms with Crippen molar-refractivity contribution in [3.63, 3.8) is 0 Å². The van der Waals surface area contributed by atoms with Crippen molar-refractivity contribution < 1.29 is 14.6 Å². The molecule has 0 aromatic rings. The summed E-state index contributed by atoms with van der Waals surface area (Å²) in [6, 6.07) is 0. The highest BCUT2D eigenvalue weighted by atomic mass is 17.2. The Bertz CT molecular complexity index is 153. The van der Waals surface area contributed by atoms with Crippen LogP contribution in [0.2, 0.25) is 0 Å². The van der Waals surface area contributed by atoms with Crippen molar-refractivity contribution in [2.24, 2.45) is 5.92 Å². The van der Waals surface area contributed by atoms with E-state index in [0.717, 1.165) is 18.8 Å². The average Bonchev–Trinajstić information content (AvgIpc) is 2.24. The van der Waals surface area contributed by atoms with E-state index < -0.39 is 0 Å². The van der Waals surface area contributed by atoms with Gasteiger partial charge in [-0.1, -0.05) is 46.0 Å². The maximum Gasteiger partial charge on any atom is 0.342 e. The van der Waals surface area contributed by atoms with Gasteiger partial charge in [-0.15, -0.1) is 0 Å². The molecule has 0 aromatic carbocycles. The Morgan fingerprint density at radius 1 is 1.13 bits per heavy atom. The summed E-state index contributed by atoms with van der Waals surface area (Å²) in [5, 5.41) is 0. The van der Waals surface area contributed by atoms with Gasteiger partial charge >= 0.3 is 5.97 Å². The maximum atomic E-state index is 10.9. The van der Waals surface area contributed by atoms with E-state index in [4.69, 9.17) is 0 Å². The van der Waals surface area contributed by atoms with Crippen molar-refractivity contribution in [1.82, 2.24) is 0 Å². The lowest BCUT2D eigenvalue weighted by Crippen LogP contribution is -2.03. The van der Waals surface area contributed by atoms with Crippen LogP contribution in [0.5, 0.6) is 0 Å². The van der Waals surface area contributed by atoms with Gasteiger partial charge in [0.2, 0.25) is 0 Å². The van der Waals surface area contributed by atoms with E-state index in [2.05, 4.69) is 23.6 Å². The molecule has 0 unspecified atom stereocenters. The minimum absolute atomic E-state index is 0.264. The molecule has 3 heteroatoms. The topological polar surface area (TPSA) is 35.5 Å². The number of carbonyl (C=O) groups is 1. The highest BCUT2D eigenvalue weighted by Gasteiger charge is 2.05. The van der Waals surface area contributed by atoms with Crippen LogP contribution in [0, 0.1) is 5.92 Å². The molecule has 0 bridgehead atoms. The van der Waals surface area contributed by atoms with Gasteiger partial charge < -0.3 is 0 Å². The fourth-order valence-corrected chi connectivity index (χ4v) is 1.71. The lowest BCUT2D eigenvalue weighted by Gasteiger charge is -2.10. The van der Waals surface area contributed by atoms with Gasteiger partial charge in [0.25, 0.3) is 0 Å². The second-order valence-corrected chi connectivity index (χ2v) is 3.90. The Kier molecular flexibility index (Phi) is 9.59. The molecular weight excluding hydrogens is 192 g/mol. The minimum Gasteiger partial charge on any atom is -0.299 e. The van der Waals surface area contributed by atoms with Crippen LogP contribution in [0.25, 0.3) is 0 Å². The largest absolute Gasteiger partial charge is 0.342 e. The van der Waals surface area contributed by atoms with Gasteiger partial charge in [-0.25, -0.2) is 4.79 Å². The molecule has 0 N–H and O–H groups in total. The Balaban J connectivity index is 3.27. The van der Waals surface area contributed by atoms with E-state index in [1.54, 1.807) is 0 Å². The van der Waals surface area contributed by atoms with Gasteiger partial charge in [-0.05, 0) is 12.3 Å². The monoisotopic (exact) mass is 216 g/mol. The second kappa shape index (κ2) is 9.97. The van der Waals surface area contributed by atoms with Crippen LogP contribution in [0.4, 0.5) is 0 Å². The van der Waals surface area contributed by atoms with Crippen LogP contribution in [-0.2, 0) is 14.6 Å². The lowest BCUT2D eigenvalue weighted by molar-refractivity contribution is -0.255. The molecule has 0 atom stereocenters. The zero-order chi connectivity index (χ0) is 11.5. The van der Waals surface area contributed by atoms with Gasteiger partial charge in [0.15, 0.2) is 0 Å². The van der Waals surface area contributed by atoms with E-state index in [1.807, 2.05) is 0 Å². The van der Waals surface area contributed by atoms with Crippen LogP contribution in [0.3, 0.4) is 0 Å². The van der Waals surface area contributed by atoms with Crippen molar-refractivity contribution in [1.29, 1.82) is 0 Å². The molecule has 3 nitrogen and oxygen atoms in total. The van der Waals surface area contributed by atoms with Gasteiger partial charge in [0.1, 0.15) is 0 Å². The molecule has 0 fully saturated rings. The molecule has 90 valence electrons. The molecule has 0 spiro atoms. The first kappa shape index (κ1) is 14.4. The van der Waals surface area contributed by atoms with Gasteiger partial charge in [0.05, 0.1) is 7.11 Å². The van der Waals surface area contributed by atoms with E-state index >= 15 is 0 Å². The first-order valence-corrected chi connectivity index (χ1v) is 5.98.